The molecule has 2 atom stereocenters. The van der Waals surface area contributed by atoms with E-state index in [9.17, 15) is 0 Å². The molecule has 13 rings (SSSR count). The molecule has 0 amide bonds. The molecule has 2 aliphatic carbocycles. The van der Waals surface area contributed by atoms with Crippen LogP contribution in [0.1, 0.15) is 17.2 Å². The maximum absolute atomic E-state index is 2.49. The second-order valence-corrected chi connectivity index (χ2v) is 17.6. The molecule has 0 saturated carbocycles. The number of rotatable bonds is 7. The summed E-state index contributed by atoms with van der Waals surface area (Å²) in [6.45, 7) is 0. The monoisotopic (exact) mass is 840 g/mol. The van der Waals surface area contributed by atoms with Crippen molar-refractivity contribution >= 4 is 66.4 Å². The molecule has 0 N–H and O–H groups in total. The largest absolute Gasteiger partial charge is 0.312 e. The third-order valence-electron chi connectivity index (χ3n) is 13.9. The normalized spacial score (nSPS) is 15.1. The average molecular weight is 841 g/mol. The molecule has 11 aromatic rings. The molecule has 2 unspecified atom stereocenters. The molecule has 2 heteroatoms. The van der Waals surface area contributed by atoms with Gasteiger partial charge in [-0.1, -0.05) is 200 Å². The lowest BCUT2D eigenvalue weighted by Crippen LogP contribution is -2.16. The van der Waals surface area contributed by atoms with E-state index >= 15 is 0 Å². The molecule has 66 heavy (non-hydrogen) atoms. The first-order chi connectivity index (χ1) is 32.7. The molecule has 2 nitrogen and oxygen atoms in total. The predicted molar refractivity (Wildman–Crippen MR) is 280 cm³/mol. The van der Waals surface area contributed by atoms with Crippen molar-refractivity contribution in [3.05, 3.63) is 260 Å². The predicted octanol–water partition coefficient (Wildman–Crippen LogP) is 17.4. The van der Waals surface area contributed by atoms with E-state index in [0.29, 0.717) is 5.92 Å². The summed E-state index contributed by atoms with van der Waals surface area (Å²) >= 11 is 0. The van der Waals surface area contributed by atoms with Crippen LogP contribution in [0.4, 0.5) is 17.1 Å². The van der Waals surface area contributed by atoms with E-state index in [2.05, 4.69) is 264 Å². The summed E-state index contributed by atoms with van der Waals surface area (Å²) in [4.78, 5) is 2.41. The number of benzene rings is 10. The summed E-state index contributed by atoms with van der Waals surface area (Å²) in [5.41, 5.74) is 15.5. The topological polar surface area (TPSA) is 8.17 Å². The van der Waals surface area contributed by atoms with Gasteiger partial charge in [-0.3, -0.25) is 0 Å². The second kappa shape index (κ2) is 15.7. The summed E-state index contributed by atoms with van der Waals surface area (Å²) in [7, 11) is 0. The van der Waals surface area contributed by atoms with Crippen LogP contribution >= 0.6 is 0 Å². The van der Waals surface area contributed by atoms with Crippen molar-refractivity contribution in [2.24, 2.45) is 5.92 Å². The Bertz CT molecular complexity index is 3740. The number of aromatic nitrogens is 1. The smallest absolute Gasteiger partial charge is 0.0540 e. The van der Waals surface area contributed by atoms with Gasteiger partial charge in [0, 0.05) is 51.1 Å². The first-order valence-corrected chi connectivity index (χ1v) is 23.0. The van der Waals surface area contributed by atoms with Crippen LogP contribution in [-0.4, -0.2) is 4.57 Å². The highest BCUT2D eigenvalue weighted by Crippen LogP contribution is 2.46. The minimum Gasteiger partial charge on any atom is -0.312 e. The molecular formula is C64H44N2. The zero-order valence-electron chi connectivity index (χ0n) is 36.3. The fraction of sp³-hybridized carbons (Fsp3) is 0.0312. The lowest BCUT2D eigenvalue weighted by atomic mass is 9.80. The maximum atomic E-state index is 2.49. The summed E-state index contributed by atoms with van der Waals surface area (Å²) in [6.07, 6.45) is 13.8. The lowest BCUT2D eigenvalue weighted by Gasteiger charge is -2.29. The number of fused-ring (bicyclic) bond motifs is 10. The number of hydrogen-bond acceptors (Lipinski definition) is 1. The highest BCUT2D eigenvalue weighted by molar-refractivity contribution is 6.23. The van der Waals surface area contributed by atoms with Crippen LogP contribution in [0.3, 0.4) is 0 Å². The number of anilines is 3. The van der Waals surface area contributed by atoms with Gasteiger partial charge in [0.15, 0.2) is 0 Å². The van der Waals surface area contributed by atoms with Crippen LogP contribution in [0.5, 0.6) is 0 Å². The number of allylic oxidation sites excluding steroid dienone is 5. The minimum absolute atomic E-state index is 0.288. The van der Waals surface area contributed by atoms with Crippen molar-refractivity contribution in [2.75, 3.05) is 4.90 Å². The lowest BCUT2D eigenvalue weighted by molar-refractivity contribution is 0.661. The molecule has 0 bridgehead atoms. The molecule has 310 valence electrons. The summed E-state index contributed by atoms with van der Waals surface area (Å²) in [6, 6.07) is 80.2. The van der Waals surface area contributed by atoms with Gasteiger partial charge in [-0.25, -0.2) is 0 Å². The molecule has 0 aliphatic heterocycles. The molecule has 1 heterocycles. The highest BCUT2D eigenvalue weighted by Gasteiger charge is 2.30. The standard InChI is InChI=1S/C64H44N2/c1-2-14-43(15-3-1)44-28-35-50(36-29-44)65(51-37-32-48(33-38-51)60-42-49-27-26-45-16-4-6-19-54(45)63(49)58-23-9-8-21-56(58)60)61-24-12-10-18-53(61)47-30-39-52(40-31-47)66-62-25-13-11-22-57(62)59-41-34-46-17-5-7-20-55(46)64(59)66/h1-42,46,55H. The van der Waals surface area contributed by atoms with E-state index in [4.69, 9.17) is 0 Å². The van der Waals surface area contributed by atoms with E-state index < -0.39 is 0 Å². The Morgan fingerprint density at radius 2 is 0.985 bits per heavy atom. The summed E-state index contributed by atoms with van der Waals surface area (Å²) < 4.78 is 2.49. The second-order valence-electron chi connectivity index (χ2n) is 17.6. The van der Waals surface area contributed by atoms with Crippen LogP contribution < -0.4 is 4.90 Å². The molecule has 0 radical (unpaired) electrons. The summed E-state index contributed by atoms with van der Waals surface area (Å²) in [5.74, 6) is 0.641. The van der Waals surface area contributed by atoms with E-state index in [-0.39, 0.29) is 5.92 Å². The van der Waals surface area contributed by atoms with Gasteiger partial charge in [0.05, 0.1) is 11.2 Å². The average Bonchev–Trinajstić information content (AvgIpc) is 3.74. The van der Waals surface area contributed by atoms with Gasteiger partial charge in [0.2, 0.25) is 0 Å². The van der Waals surface area contributed by atoms with Gasteiger partial charge >= 0.3 is 0 Å². The Hall–Kier alpha value is -8.46. The van der Waals surface area contributed by atoms with Gasteiger partial charge in [0.25, 0.3) is 0 Å². The van der Waals surface area contributed by atoms with Crippen LogP contribution in [0, 0.1) is 5.92 Å². The van der Waals surface area contributed by atoms with Gasteiger partial charge in [-0.15, -0.1) is 0 Å². The van der Waals surface area contributed by atoms with Crippen LogP contribution in [0.25, 0.3) is 88.4 Å². The van der Waals surface area contributed by atoms with Gasteiger partial charge < -0.3 is 9.47 Å². The van der Waals surface area contributed by atoms with Crippen LogP contribution in [0.15, 0.2) is 249 Å². The maximum Gasteiger partial charge on any atom is 0.0540 e. The first kappa shape index (κ1) is 38.0. The van der Waals surface area contributed by atoms with Crippen molar-refractivity contribution in [2.45, 2.75) is 5.92 Å². The van der Waals surface area contributed by atoms with Crippen molar-refractivity contribution < 1.29 is 0 Å². The fourth-order valence-electron chi connectivity index (χ4n) is 10.8. The SMILES string of the molecule is C1=CC2C=Cc3c(n(-c4ccc(-c5ccccc5N(c5ccc(-c6ccccc6)cc5)c5ccc(-c6cc7ccc8ccccc8c7c7ccccc67)cc5)cc4)c4ccccc34)C2C=C1. The van der Waals surface area contributed by atoms with E-state index in [1.54, 1.807) is 0 Å². The zero-order chi connectivity index (χ0) is 43.6. The van der Waals surface area contributed by atoms with E-state index in [0.717, 1.165) is 28.2 Å². The van der Waals surface area contributed by atoms with E-state index in [1.807, 2.05) is 0 Å². The molecule has 2 aliphatic rings. The van der Waals surface area contributed by atoms with Crippen molar-refractivity contribution in [3.63, 3.8) is 0 Å². The van der Waals surface area contributed by atoms with Crippen LogP contribution in [0.2, 0.25) is 0 Å². The molecule has 0 spiro atoms. The quantitative estimate of drug-likeness (QED) is 0.145. The van der Waals surface area contributed by atoms with Crippen LogP contribution in [-0.2, 0) is 0 Å². The highest BCUT2D eigenvalue weighted by atomic mass is 15.1. The molecular weight excluding hydrogens is 797 g/mol. The number of hydrogen-bond donors (Lipinski definition) is 0. The van der Waals surface area contributed by atoms with Crippen molar-refractivity contribution in [3.8, 4) is 39.1 Å². The molecule has 0 saturated heterocycles. The first-order valence-electron chi connectivity index (χ1n) is 23.0. The van der Waals surface area contributed by atoms with Crippen molar-refractivity contribution in [1.82, 2.24) is 4.57 Å². The Labute approximate surface area is 385 Å². The number of para-hydroxylation sites is 2. The molecule has 10 aromatic carbocycles. The minimum atomic E-state index is 0.288. The van der Waals surface area contributed by atoms with Gasteiger partial charge in [-0.05, 0) is 115 Å². The molecule has 1 aromatic heterocycles. The Morgan fingerprint density at radius 3 is 1.79 bits per heavy atom. The summed E-state index contributed by atoms with van der Waals surface area (Å²) in [5, 5.41) is 8.94. The Balaban J connectivity index is 0.926. The fourth-order valence-corrected chi connectivity index (χ4v) is 10.8. The third-order valence-corrected chi connectivity index (χ3v) is 13.9. The number of nitrogens with zero attached hydrogens (tertiary/aromatic N) is 2. The zero-order valence-corrected chi connectivity index (χ0v) is 36.3. The Morgan fingerprint density at radius 1 is 0.394 bits per heavy atom. The van der Waals surface area contributed by atoms with Crippen molar-refractivity contribution in [1.29, 1.82) is 0 Å². The van der Waals surface area contributed by atoms with Gasteiger partial charge in [0.1, 0.15) is 0 Å². The Kier molecular flexibility index (Phi) is 9.02. The molecule has 0 fully saturated rings. The third kappa shape index (κ3) is 6.25. The van der Waals surface area contributed by atoms with E-state index in [1.165, 1.54) is 82.4 Å². The van der Waals surface area contributed by atoms with Gasteiger partial charge in [-0.2, -0.15) is 0 Å².